The summed E-state index contributed by atoms with van der Waals surface area (Å²) in [5.74, 6) is -0.508. The normalized spacial score (nSPS) is 18.1. The fourth-order valence-corrected chi connectivity index (χ4v) is 6.09. The lowest BCUT2D eigenvalue weighted by molar-refractivity contribution is -0.114. The molecule has 4 aromatic rings. The lowest BCUT2D eigenvalue weighted by Gasteiger charge is -2.32. The van der Waals surface area contributed by atoms with E-state index in [1.807, 2.05) is 44.8 Å². The van der Waals surface area contributed by atoms with Gasteiger partial charge in [0.2, 0.25) is 0 Å². The highest BCUT2D eigenvalue weighted by Crippen LogP contribution is 2.38. The number of nitrogens with one attached hydrogen (secondary N) is 1. The van der Waals surface area contributed by atoms with Gasteiger partial charge in [0.1, 0.15) is 11.5 Å². The Labute approximate surface area is 213 Å². The maximum Gasteiger partial charge on any atom is 0.320 e. The van der Waals surface area contributed by atoms with Crippen LogP contribution in [0.5, 0.6) is 0 Å². The molecule has 0 spiro atoms. The molecule has 0 saturated carbocycles. The number of benzene rings is 1. The lowest BCUT2D eigenvalue weighted by atomic mass is 9.98. The van der Waals surface area contributed by atoms with Crippen LogP contribution in [0, 0.1) is 5.82 Å². The number of rotatable bonds is 2. The summed E-state index contributed by atoms with van der Waals surface area (Å²) in [6.07, 6.45) is 8.84. The van der Waals surface area contributed by atoms with Crippen molar-refractivity contribution in [2.24, 2.45) is 0 Å². The molecule has 0 atom stereocenters. The summed E-state index contributed by atoms with van der Waals surface area (Å²) in [6, 6.07) is 8.84. The molecule has 0 unspecified atom stereocenters. The second kappa shape index (κ2) is 8.47. The van der Waals surface area contributed by atoms with E-state index < -0.39 is 0 Å². The van der Waals surface area contributed by atoms with Crippen LogP contribution in [-0.2, 0) is 17.9 Å². The minimum absolute atomic E-state index is 0.0336. The molecule has 1 saturated heterocycles. The Morgan fingerprint density at radius 3 is 2.76 bits per heavy atom. The van der Waals surface area contributed by atoms with Crippen LogP contribution in [0.15, 0.2) is 48.9 Å². The van der Waals surface area contributed by atoms with Gasteiger partial charge in [-0.2, -0.15) is 0 Å². The van der Waals surface area contributed by atoms with Gasteiger partial charge in [0, 0.05) is 62.6 Å². The monoisotopic (exact) mass is 498 g/mol. The Bertz CT molecular complexity index is 1610. The van der Waals surface area contributed by atoms with Gasteiger partial charge in [-0.1, -0.05) is 6.07 Å². The molecule has 8 nitrogen and oxygen atoms in total. The zero-order chi connectivity index (χ0) is 25.1. The first kappa shape index (κ1) is 22.1. The van der Waals surface area contributed by atoms with Crippen LogP contribution in [0.4, 0.5) is 9.18 Å². The van der Waals surface area contributed by atoms with Crippen molar-refractivity contribution in [3.05, 3.63) is 71.6 Å². The van der Waals surface area contributed by atoms with Gasteiger partial charge in [0.25, 0.3) is 5.91 Å². The molecule has 0 radical (unpaired) electrons. The number of urea groups is 1. The number of fused-ring (bicyclic) bond motifs is 1. The van der Waals surface area contributed by atoms with Gasteiger partial charge in [-0.25, -0.2) is 14.2 Å². The maximum absolute atomic E-state index is 15.0. The highest BCUT2D eigenvalue weighted by atomic mass is 19.1. The summed E-state index contributed by atoms with van der Waals surface area (Å²) in [6.45, 7) is 3.44. The minimum atomic E-state index is -0.344. The van der Waals surface area contributed by atoms with E-state index in [1.54, 1.807) is 18.3 Å². The van der Waals surface area contributed by atoms with Crippen LogP contribution in [0.25, 0.3) is 27.7 Å². The number of amides is 3. The fourth-order valence-electron chi connectivity index (χ4n) is 6.09. The number of halogens is 1. The van der Waals surface area contributed by atoms with Crippen LogP contribution in [0.3, 0.4) is 0 Å². The van der Waals surface area contributed by atoms with E-state index in [0.29, 0.717) is 37.4 Å². The largest absolute Gasteiger partial charge is 0.348 e. The summed E-state index contributed by atoms with van der Waals surface area (Å²) < 4.78 is 19.0. The van der Waals surface area contributed by atoms with E-state index >= 15 is 4.39 Å². The molecule has 7 rings (SSSR count). The summed E-state index contributed by atoms with van der Waals surface area (Å²) >= 11 is 0. The average Bonchev–Trinajstić information content (AvgIpc) is 3.57. The lowest BCUT2D eigenvalue weighted by Crippen LogP contribution is -2.45. The Balaban J connectivity index is 1.34. The van der Waals surface area contributed by atoms with E-state index in [4.69, 9.17) is 0 Å². The van der Waals surface area contributed by atoms with Crippen LogP contribution in [0.2, 0.25) is 0 Å². The van der Waals surface area contributed by atoms with E-state index in [2.05, 4.69) is 14.9 Å². The molecular weight excluding hydrogens is 471 g/mol. The molecule has 3 aromatic heterocycles. The molecule has 188 valence electrons. The van der Waals surface area contributed by atoms with Gasteiger partial charge in [0.05, 0.1) is 23.0 Å². The molecule has 1 aromatic carbocycles. The highest BCUT2D eigenvalue weighted by Gasteiger charge is 2.31. The van der Waals surface area contributed by atoms with Crippen LogP contribution in [0.1, 0.15) is 36.1 Å². The number of imidazole rings is 1. The van der Waals surface area contributed by atoms with Crippen molar-refractivity contribution in [1.29, 1.82) is 0 Å². The zero-order valence-corrected chi connectivity index (χ0v) is 20.4. The molecule has 3 aliphatic heterocycles. The van der Waals surface area contributed by atoms with E-state index in [-0.39, 0.29) is 17.8 Å². The van der Waals surface area contributed by atoms with E-state index in [9.17, 15) is 9.59 Å². The van der Waals surface area contributed by atoms with Crippen molar-refractivity contribution < 1.29 is 14.0 Å². The highest BCUT2D eigenvalue weighted by molar-refractivity contribution is 6.31. The second-order valence-corrected chi connectivity index (χ2v) is 10.1. The first-order valence-electron chi connectivity index (χ1n) is 12.9. The second-order valence-electron chi connectivity index (χ2n) is 10.1. The molecular formula is C28H27FN6O2. The van der Waals surface area contributed by atoms with Gasteiger partial charge in [-0.05, 0) is 54.7 Å². The van der Waals surface area contributed by atoms with Gasteiger partial charge in [-0.15, -0.1) is 0 Å². The molecule has 0 aliphatic carbocycles. The number of likely N-dealkylation sites (tertiary alicyclic amines) is 1. The minimum Gasteiger partial charge on any atom is -0.348 e. The molecule has 3 amide bonds. The molecule has 6 heterocycles. The van der Waals surface area contributed by atoms with Crippen molar-refractivity contribution in [2.45, 2.75) is 32.4 Å². The fraction of sp³-hybridized carbons (Fsp3) is 0.321. The Morgan fingerprint density at radius 1 is 1.03 bits per heavy atom. The maximum atomic E-state index is 15.0. The van der Waals surface area contributed by atoms with E-state index in [0.717, 1.165) is 65.6 Å². The van der Waals surface area contributed by atoms with Gasteiger partial charge < -0.3 is 19.7 Å². The first-order chi connectivity index (χ1) is 18.1. The third kappa shape index (κ3) is 3.52. The number of carbonyl (C=O) groups is 2. The van der Waals surface area contributed by atoms with Crippen molar-refractivity contribution >= 4 is 39.6 Å². The number of pyridine rings is 1. The molecule has 3 aliphatic rings. The van der Waals surface area contributed by atoms with Crippen molar-refractivity contribution in [3.8, 4) is 0 Å². The number of piperidine rings is 1. The van der Waals surface area contributed by atoms with Crippen LogP contribution >= 0.6 is 0 Å². The Hall–Kier alpha value is -4.14. The van der Waals surface area contributed by atoms with Crippen molar-refractivity contribution in [3.63, 3.8) is 0 Å². The number of hydrogen-bond acceptors (Lipinski definition) is 3. The molecule has 37 heavy (non-hydrogen) atoms. The number of nitrogens with zero attached hydrogens (tertiary/aromatic N) is 5. The number of aromatic nitrogens is 3. The predicted octanol–water partition coefficient (Wildman–Crippen LogP) is 3.89. The zero-order valence-electron chi connectivity index (χ0n) is 20.4. The quantitative estimate of drug-likeness (QED) is 0.456. The standard InChI is InChI=1S/C28H27FN6O2/c29-19-12-18-16-34(28(37)32-7-3-1-4-8-32)11-10-33-17-22(20(13-19)26(18)33)21-14-31-27(36)25(21)23-15-30-24-6-2-5-9-35(23)24/h2,5-6,9,12-13,15,17H,1,3-4,7-8,10-11,14,16H2,(H,31,36). The predicted molar refractivity (Wildman–Crippen MR) is 138 cm³/mol. The van der Waals surface area contributed by atoms with Gasteiger partial charge in [-0.3, -0.25) is 9.20 Å². The van der Waals surface area contributed by atoms with Gasteiger partial charge >= 0.3 is 6.03 Å². The van der Waals surface area contributed by atoms with Gasteiger partial charge in [0.15, 0.2) is 0 Å². The summed E-state index contributed by atoms with van der Waals surface area (Å²) in [5, 5.41) is 3.73. The summed E-state index contributed by atoms with van der Waals surface area (Å²) in [7, 11) is 0. The third-order valence-electron chi connectivity index (χ3n) is 7.84. The van der Waals surface area contributed by atoms with Crippen LogP contribution in [-0.4, -0.2) is 61.9 Å². The number of hydrogen-bond donors (Lipinski definition) is 1. The summed E-state index contributed by atoms with van der Waals surface area (Å²) in [4.78, 5) is 34.5. The van der Waals surface area contributed by atoms with Crippen LogP contribution < -0.4 is 5.32 Å². The number of carbonyl (C=O) groups excluding carboxylic acids is 2. The molecule has 1 fully saturated rings. The molecule has 1 N–H and O–H groups in total. The van der Waals surface area contributed by atoms with Crippen molar-refractivity contribution in [1.82, 2.24) is 29.1 Å². The molecule has 0 bridgehead atoms. The Morgan fingerprint density at radius 2 is 1.89 bits per heavy atom. The smallest absolute Gasteiger partial charge is 0.320 e. The third-order valence-corrected chi connectivity index (χ3v) is 7.84. The molecule has 9 heteroatoms. The van der Waals surface area contributed by atoms with E-state index in [1.165, 1.54) is 0 Å². The summed E-state index contributed by atoms with van der Waals surface area (Å²) in [5.41, 5.74) is 5.41. The topological polar surface area (TPSA) is 74.9 Å². The average molecular weight is 499 g/mol. The first-order valence-corrected chi connectivity index (χ1v) is 12.9. The SMILES string of the molecule is O=C1NCC(c2cn3c4c(cc(F)cc24)CN(C(=O)N2CCCCC2)CC3)=C1c1cnc2ccccn12. The Kier molecular flexibility index (Phi) is 5.05. The van der Waals surface area contributed by atoms with Crippen molar-refractivity contribution in [2.75, 3.05) is 26.2 Å².